The lowest BCUT2D eigenvalue weighted by molar-refractivity contribution is 0.237. The van der Waals surface area contributed by atoms with E-state index in [0.717, 1.165) is 88.0 Å². The van der Waals surface area contributed by atoms with E-state index in [1.165, 1.54) is 25.0 Å². The van der Waals surface area contributed by atoms with Gasteiger partial charge in [-0.3, -0.25) is 25.0 Å². The number of nitrogens with one attached hydrogen (secondary N) is 2. The minimum Gasteiger partial charge on any atom is -0.492 e. The van der Waals surface area contributed by atoms with E-state index in [4.69, 9.17) is 9.84 Å². The largest absolute Gasteiger partial charge is 0.492 e. The average Bonchev–Trinajstić information content (AvgIpc) is 3.77. The summed E-state index contributed by atoms with van der Waals surface area (Å²) in [6, 6.07) is 6.89. The van der Waals surface area contributed by atoms with E-state index in [0.29, 0.717) is 17.9 Å². The Labute approximate surface area is 262 Å². The van der Waals surface area contributed by atoms with Crippen molar-refractivity contribution in [2.24, 2.45) is 9.98 Å². The van der Waals surface area contributed by atoms with Crippen molar-refractivity contribution in [3.05, 3.63) is 76.7 Å². The molecule has 0 unspecified atom stereocenters. The third-order valence-electron chi connectivity index (χ3n) is 8.43. The van der Waals surface area contributed by atoms with Crippen molar-refractivity contribution >= 4 is 35.5 Å². The van der Waals surface area contributed by atoms with Gasteiger partial charge in [-0.15, -0.1) is 0 Å². The van der Waals surface area contributed by atoms with Crippen molar-refractivity contribution in [1.29, 1.82) is 0 Å². The van der Waals surface area contributed by atoms with Gasteiger partial charge < -0.3 is 14.6 Å². The molecule has 0 amide bonds. The molecule has 9 nitrogen and oxygen atoms in total. The summed E-state index contributed by atoms with van der Waals surface area (Å²) in [6.07, 6.45) is 14.6. The number of aromatic nitrogens is 4. The predicted octanol–water partition coefficient (Wildman–Crippen LogP) is 5.04. The van der Waals surface area contributed by atoms with Crippen LogP contribution in [0.2, 0.25) is 0 Å². The van der Waals surface area contributed by atoms with Crippen LogP contribution in [0.15, 0.2) is 70.3 Å². The lowest BCUT2D eigenvalue weighted by atomic mass is 10.0. The van der Waals surface area contributed by atoms with Gasteiger partial charge in [0.2, 0.25) is 0 Å². The molecule has 5 heterocycles. The molecule has 0 aliphatic carbocycles. The maximum atomic E-state index is 14.8. The number of nitrogens with zero attached hydrogens (tertiary/aromatic N) is 6. The fourth-order valence-electron chi connectivity index (χ4n) is 5.96. The summed E-state index contributed by atoms with van der Waals surface area (Å²) in [4.78, 5) is 21.3. The SMILES string of the molecule is C=N\C=C(/C=c1/c(-c2cc3c(-c4cc(F)cc(OCCN5CCCC5)c4)cncc3[nH]2)n[nH]/c1=C\C)C1=CN=C(C)CCN1C. The predicted molar refractivity (Wildman–Crippen MR) is 180 cm³/mol. The fraction of sp³-hybridized carbons (Fsp3) is 0.314. The Bertz CT molecular complexity index is 1930. The molecule has 1 saturated heterocycles. The molecule has 2 aliphatic rings. The van der Waals surface area contributed by atoms with Gasteiger partial charge in [-0.1, -0.05) is 6.08 Å². The van der Waals surface area contributed by atoms with Crippen LogP contribution in [0.3, 0.4) is 0 Å². The van der Waals surface area contributed by atoms with Crippen LogP contribution in [0, 0.1) is 5.82 Å². The summed E-state index contributed by atoms with van der Waals surface area (Å²) >= 11 is 0. The third kappa shape index (κ3) is 6.66. The third-order valence-corrected chi connectivity index (χ3v) is 8.43. The molecule has 1 aromatic carbocycles. The summed E-state index contributed by atoms with van der Waals surface area (Å²) in [6.45, 7) is 12.1. The number of aromatic amines is 2. The van der Waals surface area contributed by atoms with Gasteiger partial charge in [0.25, 0.3) is 0 Å². The molecule has 4 aromatic rings. The Balaban J connectivity index is 1.38. The fourth-order valence-corrected chi connectivity index (χ4v) is 5.96. The molecule has 6 rings (SSSR count). The number of allylic oxidation sites excluding steroid dienone is 1. The van der Waals surface area contributed by atoms with Crippen LogP contribution in [0.4, 0.5) is 4.39 Å². The van der Waals surface area contributed by atoms with Crippen molar-refractivity contribution in [3.8, 4) is 28.3 Å². The molecule has 0 atom stereocenters. The number of aliphatic imine (C=N–C) groups is 2. The van der Waals surface area contributed by atoms with Gasteiger partial charge in [0.05, 0.1) is 34.7 Å². The summed E-state index contributed by atoms with van der Waals surface area (Å²) in [7, 11) is 2.05. The molecule has 0 radical (unpaired) electrons. The van der Waals surface area contributed by atoms with Crippen LogP contribution in [0.25, 0.3) is 45.6 Å². The van der Waals surface area contributed by atoms with Crippen LogP contribution >= 0.6 is 0 Å². The number of likely N-dealkylation sites (N-methyl/N-ethyl adjacent to an activating group) is 1. The molecular weight excluding hydrogens is 567 g/mol. The molecule has 2 N–H and O–H groups in total. The molecule has 2 aliphatic heterocycles. The Morgan fingerprint density at radius 3 is 2.80 bits per heavy atom. The summed E-state index contributed by atoms with van der Waals surface area (Å²) in [5.74, 6) is 0.160. The van der Waals surface area contributed by atoms with Crippen LogP contribution < -0.4 is 15.3 Å². The van der Waals surface area contributed by atoms with Crippen LogP contribution in [0.5, 0.6) is 5.75 Å². The number of likely N-dealkylation sites (tertiary alicyclic amines) is 1. The number of pyridine rings is 1. The number of fused-ring (bicyclic) bond motifs is 1. The van der Waals surface area contributed by atoms with Gasteiger partial charge in [0, 0.05) is 72.5 Å². The second-order valence-corrected chi connectivity index (χ2v) is 11.6. The number of H-pyrrole nitrogens is 2. The standard InChI is InChI=1S/C35H39FN8O/c1-5-31-29(16-25(19-37-3)34-22-39-23(2)8-11-43(34)4)35(42-41-31)32-18-28-30(20-38-21-33(28)40-32)24-14-26(36)17-27(15-24)45-13-12-44-9-6-7-10-44/h5,14-22,40-41H,3,6-13H2,1-2,4H3/b25-19+,29-16+,31-5-. The Morgan fingerprint density at radius 1 is 1.16 bits per heavy atom. The minimum atomic E-state index is -0.351. The van der Waals surface area contributed by atoms with Gasteiger partial charge in [-0.05, 0) is 76.3 Å². The second kappa shape index (κ2) is 13.4. The molecule has 0 bridgehead atoms. The molecule has 0 saturated carbocycles. The number of hydrogen-bond acceptors (Lipinski definition) is 7. The van der Waals surface area contributed by atoms with Crippen molar-refractivity contribution in [1.82, 2.24) is 30.0 Å². The Morgan fingerprint density at radius 2 is 2.00 bits per heavy atom. The van der Waals surface area contributed by atoms with E-state index in [2.05, 4.69) is 54.7 Å². The van der Waals surface area contributed by atoms with Gasteiger partial charge in [0.15, 0.2) is 0 Å². The molecule has 232 valence electrons. The number of halogens is 1. The smallest absolute Gasteiger partial charge is 0.127 e. The van der Waals surface area contributed by atoms with Crippen molar-refractivity contribution < 1.29 is 9.13 Å². The van der Waals surface area contributed by atoms with Gasteiger partial charge in [0.1, 0.15) is 23.9 Å². The molecule has 0 spiro atoms. The maximum absolute atomic E-state index is 14.8. The summed E-state index contributed by atoms with van der Waals surface area (Å²) < 4.78 is 20.8. The quantitative estimate of drug-likeness (QED) is 0.260. The monoisotopic (exact) mass is 606 g/mol. The first-order chi connectivity index (χ1) is 21.9. The normalized spacial score (nSPS) is 17.2. The molecule has 3 aromatic heterocycles. The second-order valence-electron chi connectivity index (χ2n) is 11.6. The molecule has 10 heteroatoms. The first-order valence-electron chi connectivity index (χ1n) is 15.4. The molecule has 1 fully saturated rings. The first kappa shape index (κ1) is 30.2. The van der Waals surface area contributed by atoms with E-state index in [9.17, 15) is 4.39 Å². The first-order valence-corrected chi connectivity index (χ1v) is 15.4. The zero-order valence-electron chi connectivity index (χ0n) is 26.1. The summed E-state index contributed by atoms with van der Waals surface area (Å²) in [5, 5.41) is 10.5. The number of ether oxygens (including phenoxy) is 1. The Hall–Kier alpha value is -4.83. The number of benzene rings is 1. The molecular formula is C35H39FN8O. The number of rotatable bonds is 9. The van der Waals surface area contributed by atoms with E-state index in [1.54, 1.807) is 18.6 Å². The number of hydrogen-bond donors (Lipinski definition) is 2. The Kier molecular flexibility index (Phi) is 9.02. The van der Waals surface area contributed by atoms with Gasteiger partial charge in [-0.25, -0.2) is 4.39 Å². The van der Waals surface area contributed by atoms with Gasteiger partial charge >= 0.3 is 0 Å². The zero-order chi connectivity index (χ0) is 31.3. The van der Waals surface area contributed by atoms with Crippen molar-refractivity contribution in [2.45, 2.75) is 33.1 Å². The van der Waals surface area contributed by atoms with E-state index in [1.807, 2.05) is 38.3 Å². The zero-order valence-corrected chi connectivity index (χ0v) is 26.1. The van der Waals surface area contributed by atoms with Crippen molar-refractivity contribution in [2.75, 3.05) is 39.8 Å². The van der Waals surface area contributed by atoms with Crippen LogP contribution in [0.1, 0.15) is 33.1 Å². The minimum absolute atomic E-state index is 0.351. The maximum Gasteiger partial charge on any atom is 0.127 e. The van der Waals surface area contributed by atoms with Crippen LogP contribution in [-0.4, -0.2) is 82.2 Å². The van der Waals surface area contributed by atoms with Gasteiger partial charge in [-0.2, -0.15) is 5.10 Å². The highest BCUT2D eigenvalue weighted by molar-refractivity contribution is 5.97. The van der Waals surface area contributed by atoms with Crippen molar-refractivity contribution in [3.63, 3.8) is 0 Å². The van der Waals surface area contributed by atoms with E-state index in [-0.39, 0.29) is 5.82 Å². The lowest BCUT2D eigenvalue weighted by Gasteiger charge is -2.21. The summed E-state index contributed by atoms with van der Waals surface area (Å²) in [5.41, 5.74) is 6.76. The average molecular weight is 607 g/mol. The highest BCUT2D eigenvalue weighted by Crippen LogP contribution is 2.33. The van der Waals surface area contributed by atoms with E-state index < -0.39 is 0 Å². The van der Waals surface area contributed by atoms with Crippen LogP contribution in [-0.2, 0) is 0 Å². The highest BCUT2D eigenvalue weighted by atomic mass is 19.1. The topological polar surface area (TPSA) is 97.8 Å². The molecule has 45 heavy (non-hydrogen) atoms. The van der Waals surface area contributed by atoms with E-state index >= 15 is 0 Å². The lowest BCUT2D eigenvalue weighted by Crippen LogP contribution is -2.25. The highest BCUT2D eigenvalue weighted by Gasteiger charge is 2.17.